The van der Waals surface area contributed by atoms with Crippen molar-refractivity contribution in [2.45, 2.75) is 71.9 Å². The van der Waals surface area contributed by atoms with Gasteiger partial charge in [0, 0.05) is 44.8 Å². The molecule has 0 amide bonds. The number of likely N-dealkylation sites (tertiary alicyclic amines) is 1. The zero-order chi connectivity index (χ0) is 16.4. The van der Waals surface area contributed by atoms with Crippen molar-refractivity contribution in [2.24, 2.45) is 11.3 Å². The van der Waals surface area contributed by atoms with Crippen LogP contribution < -0.4 is 0 Å². The van der Waals surface area contributed by atoms with Crippen molar-refractivity contribution in [3.05, 3.63) is 0 Å². The maximum Gasteiger partial charge on any atom is 0.0121 e. The van der Waals surface area contributed by atoms with Crippen LogP contribution in [0.4, 0.5) is 0 Å². The lowest BCUT2D eigenvalue weighted by atomic mass is 9.93. The molecule has 0 aromatic heterocycles. The molecule has 2 saturated heterocycles. The van der Waals surface area contributed by atoms with Crippen LogP contribution in [0.2, 0.25) is 0 Å². The molecule has 3 fully saturated rings. The van der Waals surface area contributed by atoms with Crippen LogP contribution in [-0.2, 0) is 0 Å². The van der Waals surface area contributed by atoms with E-state index in [4.69, 9.17) is 0 Å². The van der Waals surface area contributed by atoms with Gasteiger partial charge in [0.05, 0.1) is 0 Å². The van der Waals surface area contributed by atoms with Gasteiger partial charge in [0.1, 0.15) is 0 Å². The van der Waals surface area contributed by atoms with E-state index in [9.17, 15) is 0 Å². The van der Waals surface area contributed by atoms with Crippen molar-refractivity contribution in [1.29, 1.82) is 0 Å². The number of rotatable bonds is 6. The van der Waals surface area contributed by atoms with Gasteiger partial charge in [0.25, 0.3) is 0 Å². The largest absolute Gasteiger partial charge is 0.301 e. The minimum absolute atomic E-state index is 0.707. The van der Waals surface area contributed by atoms with Crippen LogP contribution >= 0.6 is 0 Å². The standard InChI is InChI=1S/C20H39N3/c1-17(2)15-20(7-8-20)16-21-11-13-23(14-12-21)19-5-9-22(10-6-19)18(3)4/h17-19H,5-16H2,1-4H3. The van der Waals surface area contributed by atoms with Crippen molar-refractivity contribution in [3.8, 4) is 0 Å². The first-order chi connectivity index (χ1) is 11.0. The van der Waals surface area contributed by atoms with Crippen LogP contribution in [0.5, 0.6) is 0 Å². The average molecular weight is 322 g/mol. The van der Waals surface area contributed by atoms with Gasteiger partial charge < -0.3 is 9.80 Å². The van der Waals surface area contributed by atoms with Gasteiger partial charge in [-0.1, -0.05) is 13.8 Å². The molecule has 0 aromatic carbocycles. The van der Waals surface area contributed by atoms with Crippen LogP contribution in [0.1, 0.15) is 59.8 Å². The summed E-state index contributed by atoms with van der Waals surface area (Å²) in [5.41, 5.74) is 0.707. The molecule has 0 bridgehead atoms. The van der Waals surface area contributed by atoms with Gasteiger partial charge in [0.2, 0.25) is 0 Å². The third kappa shape index (κ3) is 4.70. The van der Waals surface area contributed by atoms with Gasteiger partial charge in [-0.25, -0.2) is 0 Å². The second-order valence-corrected chi connectivity index (χ2v) is 9.27. The van der Waals surface area contributed by atoms with E-state index in [1.54, 1.807) is 0 Å². The van der Waals surface area contributed by atoms with E-state index in [-0.39, 0.29) is 0 Å². The van der Waals surface area contributed by atoms with Crippen molar-refractivity contribution < 1.29 is 0 Å². The summed E-state index contributed by atoms with van der Waals surface area (Å²) in [5.74, 6) is 0.866. The molecule has 0 N–H and O–H groups in total. The predicted octanol–water partition coefficient (Wildman–Crippen LogP) is 3.30. The Bertz CT molecular complexity index is 359. The summed E-state index contributed by atoms with van der Waals surface area (Å²) in [7, 11) is 0. The van der Waals surface area contributed by atoms with Crippen LogP contribution in [0.15, 0.2) is 0 Å². The zero-order valence-corrected chi connectivity index (χ0v) is 16.1. The molecule has 134 valence electrons. The predicted molar refractivity (Wildman–Crippen MR) is 98.9 cm³/mol. The Kier molecular flexibility index (Phi) is 5.70. The molecule has 2 aliphatic heterocycles. The highest BCUT2D eigenvalue weighted by molar-refractivity contribution is 4.97. The van der Waals surface area contributed by atoms with E-state index in [1.807, 2.05) is 0 Å². The maximum atomic E-state index is 2.80. The first-order valence-corrected chi connectivity index (χ1v) is 10.2. The van der Waals surface area contributed by atoms with E-state index >= 15 is 0 Å². The zero-order valence-electron chi connectivity index (χ0n) is 16.1. The smallest absolute Gasteiger partial charge is 0.0121 e. The van der Waals surface area contributed by atoms with Crippen LogP contribution in [0.3, 0.4) is 0 Å². The molecule has 0 spiro atoms. The lowest BCUT2D eigenvalue weighted by Crippen LogP contribution is -2.54. The minimum atomic E-state index is 0.707. The fourth-order valence-corrected chi connectivity index (χ4v) is 5.00. The molecule has 3 rings (SSSR count). The normalized spacial score (nSPS) is 27.9. The molecule has 1 aliphatic carbocycles. The first kappa shape index (κ1) is 17.7. The van der Waals surface area contributed by atoms with Crippen molar-refractivity contribution in [1.82, 2.24) is 14.7 Å². The topological polar surface area (TPSA) is 9.72 Å². The summed E-state index contributed by atoms with van der Waals surface area (Å²) in [4.78, 5) is 8.22. The van der Waals surface area contributed by atoms with Gasteiger partial charge in [-0.15, -0.1) is 0 Å². The molecule has 0 unspecified atom stereocenters. The summed E-state index contributed by atoms with van der Waals surface area (Å²) in [6, 6.07) is 1.58. The van der Waals surface area contributed by atoms with Gasteiger partial charge in [-0.3, -0.25) is 4.90 Å². The van der Waals surface area contributed by atoms with Crippen molar-refractivity contribution >= 4 is 0 Å². The summed E-state index contributed by atoms with van der Waals surface area (Å²) in [6.45, 7) is 18.7. The van der Waals surface area contributed by atoms with Gasteiger partial charge in [-0.05, 0) is 70.4 Å². The molecule has 1 saturated carbocycles. The lowest BCUT2D eigenvalue weighted by Gasteiger charge is -2.44. The Balaban J connectivity index is 1.39. The fraction of sp³-hybridized carbons (Fsp3) is 1.00. The van der Waals surface area contributed by atoms with Gasteiger partial charge in [0.15, 0.2) is 0 Å². The Hall–Kier alpha value is -0.120. The van der Waals surface area contributed by atoms with Crippen molar-refractivity contribution in [2.75, 3.05) is 45.8 Å². The van der Waals surface area contributed by atoms with Gasteiger partial charge >= 0.3 is 0 Å². The molecule has 3 heteroatoms. The molecular weight excluding hydrogens is 282 g/mol. The molecular formula is C20H39N3. The number of hydrogen-bond acceptors (Lipinski definition) is 3. The van der Waals surface area contributed by atoms with E-state index in [2.05, 4.69) is 42.4 Å². The molecule has 3 nitrogen and oxygen atoms in total. The number of hydrogen-bond donors (Lipinski definition) is 0. The second kappa shape index (κ2) is 7.41. The molecule has 3 aliphatic rings. The van der Waals surface area contributed by atoms with Crippen LogP contribution in [-0.4, -0.2) is 72.6 Å². The van der Waals surface area contributed by atoms with Gasteiger partial charge in [-0.2, -0.15) is 0 Å². The molecule has 23 heavy (non-hydrogen) atoms. The third-order valence-electron chi connectivity index (χ3n) is 6.51. The van der Waals surface area contributed by atoms with E-state index < -0.39 is 0 Å². The highest BCUT2D eigenvalue weighted by Crippen LogP contribution is 2.51. The highest BCUT2D eigenvalue weighted by Gasteiger charge is 2.44. The molecule has 0 atom stereocenters. The van der Waals surface area contributed by atoms with Crippen LogP contribution in [0.25, 0.3) is 0 Å². The Morgan fingerprint density at radius 3 is 1.96 bits per heavy atom. The van der Waals surface area contributed by atoms with E-state index in [1.165, 1.54) is 77.9 Å². The second-order valence-electron chi connectivity index (χ2n) is 9.27. The Labute approximate surface area is 144 Å². The van der Waals surface area contributed by atoms with Crippen LogP contribution in [0, 0.1) is 11.3 Å². The molecule has 2 heterocycles. The highest BCUT2D eigenvalue weighted by atomic mass is 15.3. The lowest BCUT2D eigenvalue weighted by molar-refractivity contribution is 0.0441. The Morgan fingerprint density at radius 2 is 1.48 bits per heavy atom. The van der Waals surface area contributed by atoms with E-state index in [0.717, 1.165) is 18.0 Å². The number of piperazine rings is 1. The quantitative estimate of drug-likeness (QED) is 0.743. The number of piperidine rings is 1. The SMILES string of the molecule is CC(C)CC1(CN2CCN(C3CCN(C(C)C)CC3)CC2)CC1. The number of nitrogens with zero attached hydrogens (tertiary/aromatic N) is 3. The first-order valence-electron chi connectivity index (χ1n) is 10.2. The maximum absolute atomic E-state index is 2.80. The molecule has 0 aromatic rings. The fourth-order valence-electron chi connectivity index (χ4n) is 5.00. The average Bonchev–Trinajstić information content (AvgIpc) is 3.26. The minimum Gasteiger partial charge on any atom is -0.301 e. The summed E-state index contributed by atoms with van der Waals surface area (Å²) in [6.07, 6.45) is 7.18. The summed E-state index contributed by atoms with van der Waals surface area (Å²) in [5, 5.41) is 0. The Morgan fingerprint density at radius 1 is 0.870 bits per heavy atom. The van der Waals surface area contributed by atoms with Crippen molar-refractivity contribution in [3.63, 3.8) is 0 Å². The summed E-state index contributed by atoms with van der Waals surface area (Å²) < 4.78 is 0. The third-order valence-corrected chi connectivity index (χ3v) is 6.51. The monoisotopic (exact) mass is 321 g/mol. The molecule has 0 radical (unpaired) electrons. The van der Waals surface area contributed by atoms with E-state index in [0.29, 0.717) is 5.41 Å². The summed E-state index contributed by atoms with van der Waals surface area (Å²) >= 11 is 0.